The molecule has 20 heavy (non-hydrogen) atoms. The fourth-order valence-corrected chi connectivity index (χ4v) is 2.17. The minimum absolute atomic E-state index is 0.0150. The Hall–Kier alpha value is -2.53. The van der Waals surface area contributed by atoms with Crippen molar-refractivity contribution >= 4 is 28.1 Å². The Kier molecular flexibility index (Phi) is 3.04. The molecule has 0 saturated heterocycles. The van der Waals surface area contributed by atoms with E-state index in [1.807, 2.05) is 36.4 Å². The molecule has 1 aromatic heterocycles. The van der Waals surface area contributed by atoms with Gasteiger partial charge in [-0.05, 0) is 28.4 Å². The molecule has 0 saturated carbocycles. The molecule has 0 aliphatic carbocycles. The standard InChI is InChI=1S/C14H8ClN3O2/c15-14-16-8-12(18(19)20)13(17-14)11-6-5-9-3-1-2-4-10(9)7-11/h1-8H. The lowest BCUT2D eigenvalue weighted by molar-refractivity contribution is -0.384. The molecule has 0 amide bonds. The maximum absolute atomic E-state index is 11.1. The van der Waals surface area contributed by atoms with Crippen molar-refractivity contribution < 1.29 is 4.92 Å². The fraction of sp³-hybridized carbons (Fsp3) is 0. The third kappa shape index (κ3) is 2.19. The lowest BCUT2D eigenvalue weighted by atomic mass is 10.0. The van der Waals surface area contributed by atoms with Gasteiger partial charge in [0.25, 0.3) is 0 Å². The van der Waals surface area contributed by atoms with Gasteiger partial charge in [0, 0.05) is 5.56 Å². The summed E-state index contributed by atoms with van der Waals surface area (Å²) in [6.07, 6.45) is 1.12. The Morgan fingerprint density at radius 1 is 1.10 bits per heavy atom. The number of benzene rings is 2. The Morgan fingerprint density at radius 2 is 1.85 bits per heavy atom. The van der Waals surface area contributed by atoms with E-state index in [0.717, 1.165) is 17.0 Å². The average molecular weight is 286 g/mol. The topological polar surface area (TPSA) is 68.9 Å². The molecule has 0 aliphatic rings. The molecule has 0 radical (unpaired) electrons. The maximum Gasteiger partial charge on any atom is 0.313 e. The third-order valence-electron chi connectivity index (χ3n) is 2.96. The van der Waals surface area contributed by atoms with Crippen molar-refractivity contribution in [3.8, 4) is 11.3 Å². The molecule has 3 aromatic rings. The molecule has 0 fully saturated rings. The van der Waals surface area contributed by atoms with Crippen molar-refractivity contribution in [2.45, 2.75) is 0 Å². The quantitative estimate of drug-likeness (QED) is 0.407. The number of hydrogen-bond acceptors (Lipinski definition) is 4. The first-order valence-corrected chi connectivity index (χ1v) is 6.19. The van der Waals surface area contributed by atoms with Gasteiger partial charge in [-0.2, -0.15) is 0 Å². The van der Waals surface area contributed by atoms with Gasteiger partial charge in [-0.1, -0.05) is 36.4 Å². The van der Waals surface area contributed by atoms with Gasteiger partial charge in [-0.25, -0.2) is 9.97 Å². The number of nitro groups is 1. The summed E-state index contributed by atoms with van der Waals surface area (Å²) in [6.45, 7) is 0. The molecular formula is C14H8ClN3O2. The van der Waals surface area contributed by atoms with Crippen LogP contribution in [0, 0.1) is 10.1 Å². The van der Waals surface area contributed by atoms with E-state index in [0.29, 0.717) is 5.56 Å². The molecule has 0 spiro atoms. The van der Waals surface area contributed by atoms with Crippen LogP contribution in [0.3, 0.4) is 0 Å². The molecule has 0 unspecified atom stereocenters. The van der Waals surface area contributed by atoms with Gasteiger partial charge >= 0.3 is 5.69 Å². The van der Waals surface area contributed by atoms with Crippen molar-refractivity contribution in [3.05, 3.63) is 64.1 Å². The van der Waals surface area contributed by atoms with Gasteiger partial charge in [0.15, 0.2) is 5.69 Å². The van der Waals surface area contributed by atoms with E-state index in [-0.39, 0.29) is 16.7 Å². The zero-order valence-corrected chi connectivity index (χ0v) is 10.9. The van der Waals surface area contributed by atoms with Gasteiger partial charge in [0.1, 0.15) is 6.20 Å². The highest BCUT2D eigenvalue weighted by Crippen LogP contribution is 2.30. The van der Waals surface area contributed by atoms with E-state index in [4.69, 9.17) is 11.6 Å². The fourth-order valence-electron chi connectivity index (χ4n) is 2.04. The van der Waals surface area contributed by atoms with Crippen LogP contribution in [0.2, 0.25) is 5.28 Å². The smallest absolute Gasteiger partial charge is 0.258 e. The van der Waals surface area contributed by atoms with Crippen molar-refractivity contribution in [2.24, 2.45) is 0 Å². The van der Waals surface area contributed by atoms with E-state index in [1.165, 1.54) is 0 Å². The van der Waals surface area contributed by atoms with Crippen LogP contribution in [0.25, 0.3) is 22.0 Å². The van der Waals surface area contributed by atoms with Crippen LogP contribution in [0.5, 0.6) is 0 Å². The summed E-state index contributed by atoms with van der Waals surface area (Å²) in [7, 11) is 0. The molecule has 2 aromatic carbocycles. The lowest BCUT2D eigenvalue weighted by Gasteiger charge is -2.04. The summed E-state index contributed by atoms with van der Waals surface area (Å²) in [4.78, 5) is 18.2. The molecule has 98 valence electrons. The first kappa shape index (κ1) is 12.5. The van der Waals surface area contributed by atoms with Gasteiger partial charge in [0.05, 0.1) is 4.92 Å². The zero-order chi connectivity index (χ0) is 14.1. The van der Waals surface area contributed by atoms with E-state index >= 15 is 0 Å². The van der Waals surface area contributed by atoms with Crippen LogP contribution in [0.15, 0.2) is 48.7 Å². The largest absolute Gasteiger partial charge is 0.313 e. The van der Waals surface area contributed by atoms with E-state index in [9.17, 15) is 10.1 Å². The maximum atomic E-state index is 11.1. The number of rotatable bonds is 2. The molecule has 0 N–H and O–H groups in total. The van der Waals surface area contributed by atoms with Gasteiger partial charge < -0.3 is 0 Å². The molecule has 6 heteroatoms. The van der Waals surface area contributed by atoms with Crippen LogP contribution >= 0.6 is 11.6 Å². The number of hydrogen-bond donors (Lipinski definition) is 0. The van der Waals surface area contributed by atoms with Crippen molar-refractivity contribution in [2.75, 3.05) is 0 Å². The normalized spacial score (nSPS) is 10.7. The van der Waals surface area contributed by atoms with Crippen LogP contribution < -0.4 is 0 Å². The van der Waals surface area contributed by atoms with Crippen molar-refractivity contribution in [3.63, 3.8) is 0 Å². The van der Waals surface area contributed by atoms with E-state index in [2.05, 4.69) is 9.97 Å². The third-order valence-corrected chi connectivity index (χ3v) is 3.14. The molecule has 5 nitrogen and oxygen atoms in total. The van der Waals surface area contributed by atoms with Gasteiger partial charge in [-0.3, -0.25) is 10.1 Å². The van der Waals surface area contributed by atoms with E-state index < -0.39 is 4.92 Å². The Morgan fingerprint density at radius 3 is 2.60 bits per heavy atom. The number of nitrogens with zero attached hydrogens (tertiary/aromatic N) is 3. The summed E-state index contributed by atoms with van der Waals surface area (Å²) < 4.78 is 0. The summed E-state index contributed by atoms with van der Waals surface area (Å²) in [5.41, 5.74) is 0.699. The number of fused-ring (bicyclic) bond motifs is 1. The second-order valence-electron chi connectivity index (χ2n) is 4.19. The molecule has 3 rings (SSSR count). The summed E-state index contributed by atoms with van der Waals surface area (Å²) in [5.74, 6) is 0. The first-order chi connectivity index (χ1) is 9.65. The summed E-state index contributed by atoms with van der Waals surface area (Å²) >= 11 is 5.74. The van der Waals surface area contributed by atoms with Crippen LogP contribution in [-0.4, -0.2) is 14.9 Å². The number of halogens is 1. The average Bonchev–Trinajstić information content (AvgIpc) is 2.46. The highest BCUT2D eigenvalue weighted by atomic mass is 35.5. The molecule has 0 aliphatic heterocycles. The predicted octanol–water partition coefficient (Wildman–Crippen LogP) is 3.86. The summed E-state index contributed by atoms with van der Waals surface area (Å²) in [5, 5.41) is 13.1. The molecular weight excluding hydrogens is 278 g/mol. The highest BCUT2D eigenvalue weighted by Gasteiger charge is 2.18. The lowest BCUT2D eigenvalue weighted by Crippen LogP contribution is -1.97. The Bertz CT molecular complexity index is 820. The van der Waals surface area contributed by atoms with Crippen molar-refractivity contribution in [1.29, 1.82) is 0 Å². The minimum atomic E-state index is -0.513. The second-order valence-corrected chi connectivity index (χ2v) is 4.53. The van der Waals surface area contributed by atoms with E-state index in [1.54, 1.807) is 6.07 Å². The zero-order valence-electron chi connectivity index (χ0n) is 10.2. The first-order valence-electron chi connectivity index (χ1n) is 5.81. The number of aromatic nitrogens is 2. The molecule has 1 heterocycles. The Labute approximate surface area is 119 Å². The Balaban J connectivity index is 2.24. The molecule has 0 bridgehead atoms. The van der Waals surface area contributed by atoms with Crippen LogP contribution in [0.1, 0.15) is 0 Å². The van der Waals surface area contributed by atoms with Crippen LogP contribution in [0.4, 0.5) is 5.69 Å². The van der Waals surface area contributed by atoms with Crippen molar-refractivity contribution in [1.82, 2.24) is 9.97 Å². The van der Waals surface area contributed by atoms with Gasteiger partial charge in [0.2, 0.25) is 5.28 Å². The monoisotopic (exact) mass is 285 g/mol. The predicted molar refractivity (Wildman–Crippen MR) is 76.6 cm³/mol. The minimum Gasteiger partial charge on any atom is -0.258 e. The SMILES string of the molecule is O=[N+]([O-])c1cnc(Cl)nc1-c1ccc2ccccc2c1. The van der Waals surface area contributed by atoms with Crippen LogP contribution in [-0.2, 0) is 0 Å². The second kappa shape index (κ2) is 4.86. The van der Waals surface area contributed by atoms with Gasteiger partial charge in [-0.15, -0.1) is 0 Å². The molecule has 0 atom stereocenters. The summed E-state index contributed by atoms with van der Waals surface area (Å²) in [6, 6.07) is 13.3. The highest BCUT2D eigenvalue weighted by molar-refractivity contribution is 6.28.